The summed E-state index contributed by atoms with van der Waals surface area (Å²) < 4.78 is 27.8. The lowest BCUT2D eigenvalue weighted by Gasteiger charge is -2.23. The maximum absolute atomic E-state index is 14.1. The first-order valence-corrected chi connectivity index (χ1v) is 7.66. The molecule has 1 aliphatic rings. The van der Waals surface area contributed by atoms with Gasteiger partial charge in [-0.1, -0.05) is 36.4 Å². The second kappa shape index (κ2) is 6.25. The lowest BCUT2D eigenvalue weighted by molar-refractivity contribution is -0.132. The predicted octanol–water partition coefficient (Wildman–Crippen LogP) is 2.47. The van der Waals surface area contributed by atoms with E-state index >= 15 is 0 Å². The highest BCUT2D eigenvalue weighted by Gasteiger charge is 2.50. The van der Waals surface area contributed by atoms with Gasteiger partial charge in [0, 0.05) is 11.1 Å². The summed E-state index contributed by atoms with van der Waals surface area (Å²) >= 11 is 0. The topological polar surface area (TPSA) is 69.6 Å². The molecule has 7 heteroatoms. The fraction of sp³-hybridized carbons (Fsp3) is 0.222. The van der Waals surface area contributed by atoms with Gasteiger partial charge in [-0.15, -0.1) is 0 Å². The lowest BCUT2D eigenvalue weighted by atomic mass is 9.91. The minimum Gasteiger partial charge on any atom is -0.386 e. The number of benzene rings is 2. The number of halogens is 2. The van der Waals surface area contributed by atoms with Gasteiger partial charge >= 0.3 is 6.03 Å². The molecule has 1 fully saturated rings. The zero-order valence-corrected chi connectivity index (χ0v) is 13.4. The number of hydrogen-bond donors (Lipinski definition) is 2. The number of amides is 3. The summed E-state index contributed by atoms with van der Waals surface area (Å²) in [6, 6.07) is 10.4. The largest absolute Gasteiger partial charge is 0.386 e. The number of β-amino-alcohol motifs (C(OH)–C–C–N with tert-alkyl or cyclic N) is 1. The van der Waals surface area contributed by atoms with Crippen LogP contribution in [-0.2, 0) is 10.3 Å². The molecule has 2 N–H and O–H groups in total. The van der Waals surface area contributed by atoms with Crippen molar-refractivity contribution in [3.05, 3.63) is 71.3 Å². The fourth-order valence-corrected chi connectivity index (χ4v) is 2.93. The summed E-state index contributed by atoms with van der Waals surface area (Å²) in [5.74, 6) is -1.98. The Labute approximate surface area is 142 Å². The van der Waals surface area contributed by atoms with E-state index in [0.29, 0.717) is 0 Å². The summed E-state index contributed by atoms with van der Waals surface area (Å²) in [5, 5.41) is 12.7. The van der Waals surface area contributed by atoms with E-state index in [9.17, 15) is 23.5 Å². The quantitative estimate of drug-likeness (QED) is 0.836. The van der Waals surface area contributed by atoms with Crippen LogP contribution in [0.15, 0.2) is 48.5 Å². The van der Waals surface area contributed by atoms with Crippen molar-refractivity contribution in [3.63, 3.8) is 0 Å². The molecule has 0 bridgehead atoms. The Bertz CT molecular complexity index is 843. The Balaban J connectivity index is 1.87. The molecule has 2 aromatic rings. The summed E-state index contributed by atoms with van der Waals surface area (Å²) in [5.41, 5.74) is -1.59. The second-order valence-electron chi connectivity index (χ2n) is 5.99. The molecule has 2 aromatic carbocycles. The van der Waals surface area contributed by atoms with Crippen LogP contribution < -0.4 is 5.32 Å². The van der Waals surface area contributed by atoms with E-state index in [0.717, 1.165) is 4.90 Å². The minimum atomic E-state index is -1.59. The van der Waals surface area contributed by atoms with Crippen LogP contribution in [0.4, 0.5) is 13.6 Å². The van der Waals surface area contributed by atoms with Crippen molar-refractivity contribution in [1.82, 2.24) is 10.2 Å². The first-order chi connectivity index (χ1) is 11.8. The Kier molecular flexibility index (Phi) is 4.26. The van der Waals surface area contributed by atoms with Gasteiger partial charge in [0.05, 0.1) is 12.6 Å². The molecule has 5 nitrogen and oxygen atoms in total. The summed E-state index contributed by atoms with van der Waals surface area (Å²) in [7, 11) is 0. The zero-order chi connectivity index (χ0) is 18.2. The maximum atomic E-state index is 14.1. The molecule has 3 rings (SSSR count). The summed E-state index contributed by atoms with van der Waals surface area (Å²) in [4.78, 5) is 25.7. The Morgan fingerprint density at radius 2 is 1.68 bits per heavy atom. The normalized spacial score (nSPS) is 21.4. The van der Waals surface area contributed by atoms with Gasteiger partial charge in [-0.05, 0) is 19.1 Å². The van der Waals surface area contributed by atoms with Crippen molar-refractivity contribution in [2.75, 3.05) is 6.54 Å². The molecule has 0 aromatic heterocycles. The molecule has 130 valence electrons. The second-order valence-corrected chi connectivity index (χ2v) is 5.99. The van der Waals surface area contributed by atoms with E-state index in [1.54, 1.807) is 6.07 Å². The van der Waals surface area contributed by atoms with Gasteiger partial charge in [0.25, 0.3) is 5.91 Å². The molecule has 3 amide bonds. The molecule has 0 saturated carbocycles. The first-order valence-electron chi connectivity index (χ1n) is 7.66. The summed E-state index contributed by atoms with van der Waals surface area (Å²) in [6.07, 6.45) is -1.39. The van der Waals surface area contributed by atoms with Crippen molar-refractivity contribution < 1.29 is 23.5 Å². The molecule has 1 heterocycles. The molecule has 0 radical (unpaired) electrons. The van der Waals surface area contributed by atoms with Gasteiger partial charge < -0.3 is 10.4 Å². The number of urea groups is 1. The third-order valence-corrected chi connectivity index (χ3v) is 4.31. The van der Waals surface area contributed by atoms with Crippen LogP contribution in [-0.4, -0.2) is 28.5 Å². The standard InChI is InChI=1S/C18H16F2N2O3/c1-18(12-7-3-5-9-14(12)20)16(24)22(17(25)21-18)10-15(23)11-6-2-4-8-13(11)19/h2-9,15,23H,10H2,1H3,(H,21,25)/t15-,18-/m0/s1. The van der Waals surface area contributed by atoms with Crippen molar-refractivity contribution in [2.24, 2.45) is 0 Å². The zero-order valence-electron chi connectivity index (χ0n) is 13.4. The number of carbonyl (C=O) groups excluding carboxylic acids is 2. The lowest BCUT2D eigenvalue weighted by Crippen LogP contribution is -2.42. The van der Waals surface area contributed by atoms with Crippen LogP contribution in [0.3, 0.4) is 0 Å². The van der Waals surface area contributed by atoms with Gasteiger partial charge in [-0.3, -0.25) is 9.69 Å². The average Bonchev–Trinajstić information content (AvgIpc) is 2.79. The third-order valence-electron chi connectivity index (χ3n) is 4.31. The molecule has 0 unspecified atom stereocenters. The van der Waals surface area contributed by atoms with Crippen molar-refractivity contribution in [1.29, 1.82) is 0 Å². The van der Waals surface area contributed by atoms with Gasteiger partial charge in [-0.2, -0.15) is 0 Å². The maximum Gasteiger partial charge on any atom is 0.325 e. The van der Waals surface area contributed by atoms with E-state index in [-0.39, 0.29) is 11.1 Å². The van der Waals surface area contributed by atoms with Gasteiger partial charge in [0.1, 0.15) is 17.2 Å². The molecular formula is C18H16F2N2O3. The van der Waals surface area contributed by atoms with Crippen molar-refractivity contribution in [3.8, 4) is 0 Å². The highest BCUT2D eigenvalue weighted by Crippen LogP contribution is 2.31. The molecule has 0 spiro atoms. The van der Waals surface area contributed by atoms with Gasteiger partial charge in [0.15, 0.2) is 0 Å². The molecule has 2 atom stereocenters. The smallest absolute Gasteiger partial charge is 0.325 e. The summed E-state index contributed by atoms with van der Waals surface area (Å²) in [6.45, 7) is 0.955. The fourth-order valence-electron chi connectivity index (χ4n) is 2.93. The Morgan fingerprint density at radius 1 is 1.08 bits per heavy atom. The number of nitrogens with zero attached hydrogens (tertiary/aromatic N) is 1. The number of rotatable bonds is 4. The van der Waals surface area contributed by atoms with Crippen LogP contribution in [0.1, 0.15) is 24.2 Å². The van der Waals surface area contributed by atoms with E-state index in [1.165, 1.54) is 49.4 Å². The predicted molar refractivity (Wildman–Crippen MR) is 85.4 cm³/mol. The Morgan fingerprint density at radius 3 is 2.32 bits per heavy atom. The van der Waals surface area contributed by atoms with Crippen LogP contribution in [0.25, 0.3) is 0 Å². The van der Waals surface area contributed by atoms with E-state index < -0.39 is 41.8 Å². The number of aliphatic hydroxyl groups is 1. The number of aliphatic hydroxyl groups excluding tert-OH is 1. The van der Waals surface area contributed by atoms with Crippen LogP contribution in [0.2, 0.25) is 0 Å². The van der Waals surface area contributed by atoms with Crippen molar-refractivity contribution in [2.45, 2.75) is 18.6 Å². The van der Waals surface area contributed by atoms with Gasteiger partial charge in [-0.25, -0.2) is 13.6 Å². The number of imide groups is 1. The van der Waals surface area contributed by atoms with Gasteiger partial charge in [0.2, 0.25) is 0 Å². The van der Waals surface area contributed by atoms with Crippen molar-refractivity contribution >= 4 is 11.9 Å². The molecule has 0 aliphatic carbocycles. The highest BCUT2D eigenvalue weighted by molar-refractivity contribution is 6.07. The molecular weight excluding hydrogens is 330 g/mol. The van der Waals surface area contributed by atoms with E-state index in [1.807, 2.05) is 0 Å². The van der Waals surface area contributed by atoms with E-state index in [4.69, 9.17) is 0 Å². The monoisotopic (exact) mass is 346 g/mol. The SMILES string of the molecule is C[C@@]1(c2ccccc2F)NC(=O)N(C[C@H](O)c2ccccc2F)C1=O. The molecule has 1 saturated heterocycles. The van der Waals surface area contributed by atoms with Crippen LogP contribution in [0, 0.1) is 11.6 Å². The number of hydrogen-bond acceptors (Lipinski definition) is 3. The molecule has 1 aliphatic heterocycles. The molecule has 25 heavy (non-hydrogen) atoms. The third kappa shape index (κ3) is 2.87. The first kappa shape index (κ1) is 17.0. The Hall–Kier alpha value is -2.80. The van der Waals surface area contributed by atoms with E-state index in [2.05, 4.69) is 5.32 Å². The van der Waals surface area contributed by atoms with Crippen LogP contribution >= 0.6 is 0 Å². The highest BCUT2D eigenvalue weighted by atomic mass is 19.1. The minimum absolute atomic E-state index is 0.0243. The number of nitrogens with one attached hydrogen (secondary N) is 1. The number of carbonyl (C=O) groups is 2. The average molecular weight is 346 g/mol. The van der Waals surface area contributed by atoms with Crippen LogP contribution in [0.5, 0.6) is 0 Å².